The predicted molar refractivity (Wildman–Crippen MR) is 59.8 cm³/mol. The summed E-state index contributed by atoms with van der Waals surface area (Å²) in [4.78, 5) is 8.51. The van der Waals surface area contributed by atoms with Crippen LogP contribution in [-0.4, -0.2) is 15.1 Å². The average Bonchev–Trinajstić information content (AvgIpc) is 2.75. The maximum Gasteiger partial charge on any atom is 0.258 e. The summed E-state index contributed by atoms with van der Waals surface area (Å²) < 4.78 is 5.17. The van der Waals surface area contributed by atoms with Gasteiger partial charge in [-0.1, -0.05) is 23.4 Å². The molecule has 4 nitrogen and oxygen atoms in total. The number of aryl methyl sites for hydroxylation is 1. The number of para-hydroxylation sites is 1. The molecule has 3 aromatic rings. The summed E-state index contributed by atoms with van der Waals surface area (Å²) in [6, 6.07) is 9.77. The number of fused-ring (bicyclic) bond motifs is 1. The Hall–Kier alpha value is -2.23. The molecule has 16 heavy (non-hydrogen) atoms. The molecule has 2 heterocycles. The Bertz CT molecular complexity index is 640. The van der Waals surface area contributed by atoms with E-state index in [0.717, 1.165) is 16.5 Å². The lowest BCUT2D eigenvalue weighted by atomic mass is 10.1. The van der Waals surface area contributed by atoms with Crippen molar-refractivity contribution in [3.05, 3.63) is 42.4 Å². The minimum atomic E-state index is 0.538. The van der Waals surface area contributed by atoms with Crippen molar-refractivity contribution in [2.24, 2.45) is 0 Å². The molecule has 4 heteroatoms. The third-order valence-corrected chi connectivity index (χ3v) is 2.41. The van der Waals surface area contributed by atoms with Crippen LogP contribution in [-0.2, 0) is 0 Å². The molecule has 0 aliphatic heterocycles. The fourth-order valence-electron chi connectivity index (χ4n) is 1.69. The smallest absolute Gasteiger partial charge is 0.258 e. The molecule has 0 bridgehead atoms. The Morgan fingerprint density at radius 2 is 2.00 bits per heavy atom. The molecule has 0 N–H and O–H groups in total. The van der Waals surface area contributed by atoms with Gasteiger partial charge in [0.2, 0.25) is 0 Å². The molecule has 3 rings (SSSR count). The van der Waals surface area contributed by atoms with Gasteiger partial charge in [-0.15, -0.1) is 0 Å². The van der Waals surface area contributed by atoms with Gasteiger partial charge < -0.3 is 4.52 Å². The lowest BCUT2D eigenvalue weighted by Gasteiger charge is -2.00. The first-order valence-electron chi connectivity index (χ1n) is 4.99. The molecule has 0 aliphatic rings. The number of benzene rings is 1. The molecule has 0 saturated carbocycles. The van der Waals surface area contributed by atoms with E-state index >= 15 is 0 Å². The van der Waals surface area contributed by atoms with Crippen molar-refractivity contribution < 1.29 is 4.52 Å². The van der Waals surface area contributed by atoms with Crippen LogP contribution in [0.4, 0.5) is 0 Å². The summed E-state index contributed by atoms with van der Waals surface area (Å²) in [6.45, 7) is 1.80. The first-order chi connectivity index (χ1) is 7.84. The molecule has 0 unspecified atom stereocenters. The summed E-state index contributed by atoms with van der Waals surface area (Å²) in [5.74, 6) is 1.17. The van der Waals surface area contributed by atoms with E-state index in [0.29, 0.717) is 11.7 Å². The molecule has 0 saturated heterocycles. The number of rotatable bonds is 1. The molecule has 0 amide bonds. The van der Waals surface area contributed by atoms with Crippen molar-refractivity contribution in [3.63, 3.8) is 0 Å². The van der Waals surface area contributed by atoms with Gasteiger partial charge in [0, 0.05) is 11.6 Å². The van der Waals surface area contributed by atoms with Crippen molar-refractivity contribution in [1.82, 2.24) is 15.1 Å². The van der Waals surface area contributed by atoms with Gasteiger partial charge in [0.1, 0.15) is 0 Å². The second-order valence-corrected chi connectivity index (χ2v) is 3.52. The highest BCUT2D eigenvalue weighted by atomic mass is 16.5. The first-order valence-corrected chi connectivity index (χ1v) is 4.99. The van der Waals surface area contributed by atoms with Crippen LogP contribution in [0.3, 0.4) is 0 Å². The Balaban J connectivity index is 2.31. The minimum absolute atomic E-state index is 0.538. The summed E-state index contributed by atoms with van der Waals surface area (Å²) in [5.41, 5.74) is 1.85. The van der Waals surface area contributed by atoms with E-state index in [1.165, 1.54) is 0 Å². The van der Waals surface area contributed by atoms with E-state index in [4.69, 9.17) is 4.52 Å². The zero-order valence-corrected chi connectivity index (χ0v) is 8.71. The van der Waals surface area contributed by atoms with Gasteiger partial charge in [-0.25, -0.2) is 0 Å². The fourth-order valence-corrected chi connectivity index (χ4v) is 1.69. The Labute approximate surface area is 91.9 Å². The zero-order chi connectivity index (χ0) is 11.0. The fraction of sp³-hybridized carbons (Fsp3) is 0.0833. The molecule has 0 radical (unpaired) electrons. The second-order valence-electron chi connectivity index (χ2n) is 3.52. The lowest BCUT2D eigenvalue weighted by molar-refractivity contribution is 0.426. The Morgan fingerprint density at radius 1 is 1.12 bits per heavy atom. The van der Waals surface area contributed by atoms with Crippen LogP contribution in [0.25, 0.3) is 22.4 Å². The summed E-state index contributed by atoms with van der Waals surface area (Å²) >= 11 is 0. The van der Waals surface area contributed by atoms with Crippen LogP contribution in [0.2, 0.25) is 0 Å². The Morgan fingerprint density at radius 3 is 2.81 bits per heavy atom. The normalized spacial score (nSPS) is 10.8. The van der Waals surface area contributed by atoms with Gasteiger partial charge in [0.15, 0.2) is 5.82 Å². The van der Waals surface area contributed by atoms with Crippen molar-refractivity contribution >= 4 is 10.9 Å². The minimum Gasteiger partial charge on any atom is -0.334 e. The summed E-state index contributed by atoms with van der Waals surface area (Å²) in [5, 5.41) is 4.82. The maximum absolute atomic E-state index is 5.17. The highest BCUT2D eigenvalue weighted by molar-refractivity contribution is 5.91. The summed E-state index contributed by atoms with van der Waals surface area (Å²) in [7, 11) is 0. The van der Waals surface area contributed by atoms with E-state index in [9.17, 15) is 0 Å². The van der Waals surface area contributed by atoms with Gasteiger partial charge in [-0.3, -0.25) is 4.98 Å². The first kappa shape index (κ1) is 9.03. The molecule has 0 atom stereocenters. The number of nitrogens with zero attached hydrogens (tertiary/aromatic N) is 3. The lowest BCUT2D eigenvalue weighted by Crippen LogP contribution is -1.84. The van der Waals surface area contributed by atoms with Crippen LogP contribution in [0.15, 0.2) is 41.1 Å². The second kappa shape index (κ2) is 3.41. The summed E-state index contributed by atoms with van der Waals surface area (Å²) in [6.07, 6.45) is 1.75. The number of pyridine rings is 1. The average molecular weight is 211 g/mol. The molecule has 1 aromatic carbocycles. The van der Waals surface area contributed by atoms with Gasteiger partial charge in [0.05, 0.1) is 11.1 Å². The van der Waals surface area contributed by atoms with Crippen LogP contribution in [0, 0.1) is 6.92 Å². The van der Waals surface area contributed by atoms with E-state index in [2.05, 4.69) is 15.1 Å². The highest BCUT2D eigenvalue weighted by Crippen LogP contribution is 2.25. The standard InChI is InChI=1S/C12H9N3O/c1-8-14-12(16-15-8)10-6-7-13-11-5-3-2-4-9(10)11/h2-7H,1H3. The molecular weight excluding hydrogens is 202 g/mol. The van der Waals surface area contributed by atoms with E-state index in [1.54, 1.807) is 13.1 Å². The van der Waals surface area contributed by atoms with Crippen molar-refractivity contribution in [2.45, 2.75) is 6.92 Å². The van der Waals surface area contributed by atoms with Crippen molar-refractivity contribution in [2.75, 3.05) is 0 Å². The van der Waals surface area contributed by atoms with Crippen LogP contribution < -0.4 is 0 Å². The molecular formula is C12H9N3O. The van der Waals surface area contributed by atoms with E-state index < -0.39 is 0 Å². The number of hydrogen-bond donors (Lipinski definition) is 0. The Kier molecular flexibility index (Phi) is 1.93. The van der Waals surface area contributed by atoms with Crippen LogP contribution in [0.5, 0.6) is 0 Å². The predicted octanol–water partition coefficient (Wildman–Crippen LogP) is 2.59. The monoisotopic (exact) mass is 211 g/mol. The van der Waals surface area contributed by atoms with Gasteiger partial charge >= 0.3 is 0 Å². The third kappa shape index (κ3) is 1.35. The van der Waals surface area contributed by atoms with Gasteiger partial charge in [-0.05, 0) is 19.1 Å². The van der Waals surface area contributed by atoms with E-state index in [-0.39, 0.29) is 0 Å². The van der Waals surface area contributed by atoms with Gasteiger partial charge in [0.25, 0.3) is 5.89 Å². The van der Waals surface area contributed by atoms with E-state index in [1.807, 2.05) is 30.3 Å². The maximum atomic E-state index is 5.17. The molecule has 0 spiro atoms. The zero-order valence-electron chi connectivity index (χ0n) is 8.71. The van der Waals surface area contributed by atoms with Gasteiger partial charge in [-0.2, -0.15) is 4.98 Å². The SMILES string of the molecule is Cc1noc(-c2ccnc3ccccc23)n1. The van der Waals surface area contributed by atoms with Crippen LogP contribution in [0.1, 0.15) is 5.82 Å². The largest absolute Gasteiger partial charge is 0.334 e. The molecule has 0 fully saturated rings. The number of aromatic nitrogens is 3. The van der Waals surface area contributed by atoms with Crippen molar-refractivity contribution in [3.8, 4) is 11.5 Å². The highest BCUT2D eigenvalue weighted by Gasteiger charge is 2.09. The third-order valence-electron chi connectivity index (χ3n) is 2.41. The molecule has 2 aromatic heterocycles. The molecule has 0 aliphatic carbocycles. The quantitative estimate of drug-likeness (QED) is 0.620. The molecule has 78 valence electrons. The van der Waals surface area contributed by atoms with Crippen LogP contribution >= 0.6 is 0 Å². The number of hydrogen-bond acceptors (Lipinski definition) is 4. The topological polar surface area (TPSA) is 51.8 Å². The van der Waals surface area contributed by atoms with Crippen molar-refractivity contribution in [1.29, 1.82) is 0 Å².